The number of hydrogen-bond acceptors (Lipinski definition) is 5. The van der Waals surface area contributed by atoms with E-state index >= 15 is 0 Å². The minimum Gasteiger partial charge on any atom is -0.493 e. The van der Waals surface area contributed by atoms with E-state index in [0.717, 1.165) is 4.90 Å². The van der Waals surface area contributed by atoms with Crippen LogP contribution >= 0.6 is 51.3 Å². The number of methoxy groups -OCH3 is 1. The summed E-state index contributed by atoms with van der Waals surface area (Å²) in [5, 5.41) is 2.73. The summed E-state index contributed by atoms with van der Waals surface area (Å²) >= 11 is 21.0. The van der Waals surface area contributed by atoms with Gasteiger partial charge in [0.2, 0.25) is 0 Å². The fourth-order valence-electron chi connectivity index (χ4n) is 3.45. The van der Waals surface area contributed by atoms with Crippen LogP contribution in [0.25, 0.3) is 6.08 Å². The molecule has 0 bridgehead atoms. The molecule has 0 spiro atoms. The number of nitrogens with one attached hydrogen (secondary N) is 1. The van der Waals surface area contributed by atoms with Crippen molar-refractivity contribution in [3.05, 3.63) is 91.6 Å². The van der Waals surface area contributed by atoms with Crippen LogP contribution in [0.15, 0.2) is 64.6 Å². The van der Waals surface area contributed by atoms with Gasteiger partial charge in [0.15, 0.2) is 16.6 Å². The predicted octanol–water partition coefficient (Wildman–Crippen LogP) is 6.31. The number of ether oxygens (including phenoxy) is 2. The van der Waals surface area contributed by atoms with Crippen molar-refractivity contribution in [3.8, 4) is 11.5 Å². The van der Waals surface area contributed by atoms with Crippen LogP contribution in [0.3, 0.4) is 0 Å². The summed E-state index contributed by atoms with van der Waals surface area (Å²) in [6.07, 6.45) is 1.40. The van der Waals surface area contributed by atoms with Crippen LogP contribution < -0.4 is 19.7 Å². The Kier molecular flexibility index (Phi) is 7.94. The first-order valence-corrected chi connectivity index (χ1v) is 12.3. The maximum Gasteiger partial charge on any atom is 0.270 e. The zero-order valence-electron chi connectivity index (χ0n) is 18.5. The van der Waals surface area contributed by atoms with Gasteiger partial charge in [-0.2, -0.15) is 0 Å². The summed E-state index contributed by atoms with van der Waals surface area (Å²) in [5.74, 6) is -0.999. The molecule has 1 fully saturated rings. The van der Waals surface area contributed by atoms with Crippen molar-refractivity contribution in [2.75, 3.05) is 12.0 Å². The topological polar surface area (TPSA) is 67.9 Å². The summed E-state index contributed by atoms with van der Waals surface area (Å²) in [6, 6.07) is 14.0. The standard InChI is InChI=1S/C25H16BrCl2FN2O4S/c1-34-20-11-14(10-17(26)22(20)35-12-13-4-2-5-15(29)8-13)9-16-23(32)30-25(36)31(24(16)33)19-7-3-6-18(27)21(19)28/h2-11H,12H2,1H3,(H,30,32,36)/b16-9+. The first-order chi connectivity index (χ1) is 17.2. The molecule has 1 aliphatic rings. The van der Waals surface area contributed by atoms with Gasteiger partial charge in [-0.3, -0.25) is 19.8 Å². The van der Waals surface area contributed by atoms with E-state index in [1.165, 1.54) is 25.3 Å². The van der Waals surface area contributed by atoms with Gasteiger partial charge < -0.3 is 9.47 Å². The molecule has 0 aromatic heterocycles. The first kappa shape index (κ1) is 26.1. The number of carbonyl (C=O) groups is 2. The van der Waals surface area contributed by atoms with E-state index in [0.29, 0.717) is 27.1 Å². The van der Waals surface area contributed by atoms with E-state index in [2.05, 4.69) is 21.2 Å². The predicted molar refractivity (Wildman–Crippen MR) is 144 cm³/mol. The molecule has 6 nitrogen and oxygen atoms in total. The zero-order valence-corrected chi connectivity index (χ0v) is 22.4. The van der Waals surface area contributed by atoms with Crippen molar-refractivity contribution < 1.29 is 23.5 Å². The third-order valence-electron chi connectivity index (χ3n) is 5.11. The second-order valence-electron chi connectivity index (χ2n) is 7.48. The van der Waals surface area contributed by atoms with E-state index in [1.807, 2.05) is 0 Å². The molecule has 1 heterocycles. The summed E-state index contributed by atoms with van der Waals surface area (Å²) in [7, 11) is 1.45. The van der Waals surface area contributed by atoms with E-state index < -0.39 is 11.8 Å². The van der Waals surface area contributed by atoms with E-state index in [9.17, 15) is 14.0 Å². The molecule has 11 heteroatoms. The summed E-state index contributed by atoms with van der Waals surface area (Å²) in [5.41, 5.74) is 1.17. The highest BCUT2D eigenvalue weighted by molar-refractivity contribution is 9.10. The fourth-order valence-corrected chi connectivity index (χ4v) is 4.68. The molecule has 0 radical (unpaired) electrons. The Labute approximate surface area is 229 Å². The number of carbonyl (C=O) groups excluding carboxylic acids is 2. The van der Waals surface area contributed by atoms with Crippen molar-refractivity contribution >= 4 is 80.0 Å². The normalized spacial score (nSPS) is 14.8. The lowest BCUT2D eigenvalue weighted by atomic mass is 10.1. The largest absolute Gasteiger partial charge is 0.493 e. The Morgan fingerprint density at radius 3 is 2.61 bits per heavy atom. The van der Waals surface area contributed by atoms with Crippen LogP contribution in [0.2, 0.25) is 10.0 Å². The van der Waals surface area contributed by atoms with E-state index in [1.54, 1.807) is 42.5 Å². The molecular weight excluding hydrogens is 594 g/mol. The molecule has 184 valence electrons. The summed E-state index contributed by atoms with van der Waals surface area (Å²) in [4.78, 5) is 27.1. The van der Waals surface area contributed by atoms with Crippen LogP contribution in [0.5, 0.6) is 11.5 Å². The molecule has 0 unspecified atom stereocenters. The lowest BCUT2D eigenvalue weighted by molar-refractivity contribution is -0.122. The van der Waals surface area contributed by atoms with Gasteiger partial charge in [-0.1, -0.05) is 41.4 Å². The van der Waals surface area contributed by atoms with Gasteiger partial charge in [-0.25, -0.2) is 4.39 Å². The monoisotopic (exact) mass is 608 g/mol. The van der Waals surface area contributed by atoms with Gasteiger partial charge in [0.1, 0.15) is 18.0 Å². The number of halogens is 4. The summed E-state index contributed by atoms with van der Waals surface area (Å²) in [6.45, 7) is 0.0981. The number of amides is 2. The molecule has 1 N–H and O–H groups in total. The Morgan fingerprint density at radius 1 is 1.14 bits per heavy atom. The van der Waals surface area contributed by atoms with Crippen molar-refractivity contribution in [2.45, 2.75) is 6.61 Å². The maximum absolute atomic E-state index is 13.5. The molecule has 3 aromatic rings. The smallest absolute Gasteiger partial charge is 0.270 e. The Balaban J connectivity index is 1.66. The van der Waals surface area contributed by atoms with Crippen molar-refractivity contribution in [3.63, 3.8) is 0 Å². The highest BCUT2D eigenvalue weighted by Gasteiger charge is 2.35. The molecular formula is C25H16BrCl2FN2O4S. The van der Waals surface area contributed by atoms with Crippen molar-refractivity contribution in [2.24, 2.45) is 0 Å². The van der Waals surface area contributed by atoms with E-state index in [-0.39, 0.29) is 38.8 Å². The van der Waals surface area contributed by atoms with E-state index in [4.69, 9.17) is 44.9 Å². The Hall–Kier alpha value is -2.98. The number of anilines is 1. The van der Waals surface area contributed by atoms with Crippen molar-refractivity contribution in [1.29, 1.82) is 0 Å². The molecule has 0 aliphatic carbocycles. The number of thiocarbonyl (C=S) groups is 1. The number of nitrogens with zero attached hydrogens (tertiary/aromatic N) is 1. The van der Waals surface area contributed by atoms with Gasteiger partial charge in [-0.05, 0) is 81.7 Å². The maximum atomic E-state index is 13.5. The first-order valence-electron chi connectivity index (χ1n) is 10.3. The van der Waals surface area contributed by atoms with Crippen LogP contribution in [0.4, 0.5) is 10.1 Å². The van der Waals surface area contributed by atoms with Crippen LogP contribution in [0, 0.1) is 5.82 Å². The highest BCUT2D eigenvalue weighted by atomic mass is 79.9. The Morgan fingerprint density at radius 2 is 1.89 bits per heavy atom. The third kappa shape index (κ3) is 5.39. The van der Waals surface area contributed by atoms with Crippen LogP contribution in [-0.2, 0) is 16.2 Å². The molecule has 4 rings (SSSR count). The third-order valence-corrected chi connectivity index (χ3v) is 6.79. The number of benzene rings is 3. The second-order valence-corrected chi connectivity index (χ2v) is 9.51. The van der Waals surface area contributed by atoms with Gasteiger partial charge >= 0.3 is 0 Å². The number of rotatable bonds is 6. The van der Waals surface area contributed by atoms with Gasteiger partial charge in [-0.15, -0.1) is 0 Å². The summed E-state index contributed by atoms with van der Waals surface area (Å²) < 4.78 is 25.3. The van der Waals surface area contributed by atoms with Gasteiger partial charge in [0, 0.05) is 0 Å². The van der Waals surface area contributed by atoms with Crippen molar-refractivity contribution in [1.82, 2.24) is 5.32 Å². The lowest BCUT2D eigenvalue weighted by Gasteiger charge is -2.29. The molecule has 2 amide bonds. The van der Waals surface area contributed by atoms with Crippen LogP contribution in [0.1, 0.15) is 11.1 Å². The molecule has 0 saturated carbocycles. The quantitative estimate of drug-likeness (QED) is 0.201. The molecule has 0 atom stereocenters. The SMILES string of the molecule is COc1cc(/C=C2\C(=O)NC(=S)N(c3cccc(Cl)c3Cl)C2=O)cc(Br)c1OCc1cccc(F)c1. The molecule has 1 saturated heterocycles. The Bertz CT molecular complexity index is 1430. The minimum absolute atomic E-state index is 0.0981. The zero-order chi connectivity index (χ0) is 26.0. The molecule has 1 aliphatic heterocycles. The average molecular weight is 610 g/mol. The second kappa shape index (κ2) is 11.0. The van der Waals surface area contributed by atoms with Gasteiger partial charge in [0.25, 0.3) is 11.8 Å². The highest BCUT2D eigenvalue weighted by Crippen LogP contribution is 2.39. The van der Waals surface area contributed by atoms with Crippen LogP contribution in [-0.4, -0.2) is 24.0 Å². The fraction of sp³-hybridized carbons (Fsp3) is 0.0800. The number of hydrogen-bond donors (Lipinski definition) is 1. The lowest BCUT2D eigenvalue weighted by Crippen LogP contribution is -2.54. The minimum atomic E-state index is -0.672. The molecule has 36 heavy (non-hydrogen) atoms. The molecule has 3 aromatic carbocycles. The van der Waals surface area contributed by atoms with Gasteiger partial charge in [0.05, 0.1) is 27.3 Å². The average Bonchev–Trinajstić information content (AvgIpc) is 2.83.